The highest BCUT2D eigenvalue weighted by molar-refractivity contribution is 6.29. The lowest BCUT2D eigenvalue weighted by atomic mass is 10.2. The van der Waals surface area contributed by atoms with Crippen molar-refractivity contribution < 1.29 is 4.74 Å². The van der Waals surface area contributed by atoms with Crippen LogP contribution in [0.5, 0.6) is 5.75 Å². The van der Waals surface area contributed by atoms with Gasteiger partial charge in [0.05, 0.1) is 11.9 Å². The molecule has 1 aromatic carbocycles. The first kappa shape index (κ1) is 10.8. The number of anilines is 1. The van der Waals surface area contributed by atoms with E-state index in [1.54, 1.807) is 6.07 Å². The highest BCUT2D eigenvalue weighted by Gasteiger charge is 2.02. The van der Waals surface area contributed by atoms with E-state index in [9.17, 15) is 0 Å². The highest BCUT2D eigenvalue weighted by atomic mass is 35.5. The van der Waals surface area contributed by atoms with Crippen molar-refractivity contribution in [3.63, 3.8) is 0 Å². The van der Waals surface area contributed by atoms with Crippen LogP contribution in [0.25, 0.3) is 0 Å². The van der Waals surface area contributed by atoms with Gasteiger partial charge in [0.2, 0.25) is 0 Å². The molecule has 0 spiro atoms. The van der Waals surface area contributed by atoms with Gasteiger partial charge in [0, 0.05) is 6.07 Å². The van der Waals surface area contributed by atoms with Gasteiger partial charge in [-0.2, -0.15) is 0 Å². The average Bonchev–Trinajstić information content (AvgIpc) is 2.32. The summed E-state index contributed by atoms with van der Waals surface area (Å²) in [4.78, 5) is 3.85. The van der Waals surface area contributed by atoms with Gasteiger partial charge in [0.25, 0.3) is 0 Å². The predicted octanol–water partition coefficient (Wildman–Crippen LogP) is 2.90. The molecule has 82 valence electrons. The van der Waals surface area contributed by atoms with Gasteiger partial charge in [-0.3, -0.25) is 0 Å². The maximum atomic E-state index is 5.75. The summed E-state index contributed by atoms with van der Waals surface area (Å²) in [7, 11) is 0. The Morgan fingerprint density at radius 2 is 2.00 bits per heavy atom. The normalized spacial score (nSPS) is 10.1. The number of nitrogens with zero attached hydrogens (tertiary/aromatic N) is 1. The van der Waals surface area contributed by atoms with E-state index in [1.807, 2.05) is 30.3 Å². The van der Waals surface area contributed by atoms with Gasteiger partial charge < -0.3 is 10.5 Å². The summed E-state index contributed by atoms with van der Waals surface area (Å²) in [5.41, 5.74) is 7.27. The Bertz CT molecular complexity index is 474. The minimum atomic E-state index is 0.372. The van der Waals surface area contributed by atoms with Crippen molar-refractivity contribution in [3.8, 4) is 5.75 Å². The maximum Gasteiger partial charge on any atom is 0.147 e. The maximum absolute atomic E-state index is 5.75. The van der Waals surface area contributed by atoms with Crippen LogP contribution in [0.15, 0.2) is 42.6 Å². The first-order valence-corrected chi connectivity index (χ1v) is 5.21. The Hall–Kier alpha value is -1.74. The fourth-order valence-corrected chi connectivity index (χ4v) is 1.43. The van der Waals surface area contributed by atoms with Crippen molar-refractivity contribution in [3.05, 3.63) is 53.3 Å². The van der Waals surface area contributed by atoms with Crippen molar-refractivity contribution in [2.24, 2.45) is 0 Å². The van der Waals surface area contributed by atoms with E-state index in [0.29, 0.717) is 23.2 Å². The fourth-order valence-electron chi connectivity index (χ4n) is 1.28. The summed E-state index contributed by atoms with van der Waals surface area (Å²) >= 11 is 5.75. The number of hydrogen-bond donors (Lipinski definition) is 1. The number of hydrogen-bond acceptors (Lipinski definition) is 3. The van der Waals surface area contributed by atoms with E-state index >= 15 is 0 Å². The lowest BCUT2D eigenvalue weighted by Gasteiger charge is -2.08. The van der Waals surface area contributed by atoms with E-state index in [1.165, 1.54) is 6.20 Å². The van der Waals surface area contributed by atoms with Gasteiger partial charge in [-0.05, 0) is 5.56 Å². The van der Waals surface area contributed by atoms with Crippen molar-refractivity contribution in [1.82, 2.24) is 4.98 Å². The first-order chi connectivity index (χ1) is 7.75. The molecule has 0 saturated heterocycles. The lowest BCUT2D eigenvalue weighted by molar-refractivity contribution is 0.307. The molecule has 0 atom stereocenters. The van der Waals surface area contributed by atoms with Crippen molar-refractivity contribution in [2.75, 3.05) is 5.73 Å². The molecule has 0 aliphatic rings. The van der Waals surface area contributed by atoms with Gasteiger partial charge in [-0.15, -0.1) is 0 Å². The van der Waals surface area contributed by atoms with Gasteiger partial charge >= 0.3 is 0 Å². The second kappa shape index (κ2) is 4.86. The monoisotopic (exact) mass is 234 g/mol. The quantitative estimate of drug-likeness (QED) is 0.831. The van der Waals surface area contributed by atoms with Crippen LogP contribution in [-0.2, 0) is 6.61 Å². The molecule has 0 unspecified atom stereocenters. The average molecular weight is 235 g/mol. The number of benzene rings is 1. The van der Waals surface area contributed by atoms with Gasteiger partial charge in [0.15, 0.2) is 0 Å². The zero-order chi connectivity index (χ0) is 11.4. The number of pyridine rings is 1. The largest absolute Gasteiger partial charge is 0.487 e. The van der Waals surface area contributed by atoms with Crippen LogP contribution >= 0.6 is 11.6 Å². The number of nitrogen functional groups attached to an aromatic ring is 1. The third-order valence-corrected chi connectivity index (χ3v) is 2.31. The van der Waals surface area contributed by atoms with Gasteiger partial charge in [0.1, 0.15) is 17.5 Å². The van der Waals surface area contributed by atoms with Crippen LogP contribution in [0.4, 0.5) is 5.69 Å². The Balaban J connectivity index is 2.08. The molecule has 0 fully saturated rings. The summed E-state index contributed by atoms with van der Waals surface area (Å²) in [5, 5.41) is 0.372. The van der Waals surface area contributed by atoms with E-state index < -0.39 is 0 Å². The summed E-state index contributed by atoms with van der Waals surface area (Å²) in [6.45, 7) is 0.464. The van der Waals surface area contributed by atoms with E-state index in [4.69, 9.17) is 22.1 Å². The third kappa shape index (κ3) is 2.64. The summed E-state index contributed by atoms with van der Waals surface area (Å²) < 4.78 is 5.55. The third-order valence-electron chi connectivity index (χ3n) is 2.10. The Morgan fingerprint density at radius 3 is 2.75 bits per heavy atom. The molecule has 4 heteroatoms. The molecule has 2 aromatic rings. The summed E-state index contributed by atoms with van der Waals surface area (Å²) in [5.74, 6) is 0.559. The Kier molecular flexibility index (Phi) is 3.27. The van der Waals surface area contributed by atoms with Crippen LogP contribution < -0.4 is 10.5 Å². The number of halogens is 1. The second-order valence-corrected chi connectivity index (χ2v) is 3.71. The van der Waals surface area contributed by atoms with Gasteiger partial charge in [-0.1, -0.05) is 41.9 Å². The number of nitrogens with two attached hydrogens (primary N) is 1. The first-order valence-electron chi connectivity index (χ1n) is 4.83. The second-order valence-electron chi connectivity index (χ2n) is 3.32. The van der Waals surface area contributed by atoms with Crippen LogP contribution in [-0.4, -0.2) is 4.98 Å². The zero-order valence-corrected chi connectivity index (χ0v) is 9.32. The standard InChI is InChI=1S/C12H11ClN2O/c13-12-6-11(10(14)7-15-12)16-8-9-4-2-1-3-5-9/h1-7H,8,14H2. The molecule has 3 nitrogen and oxygen atoms in total. The Morgan fingerprint density at radius 1 is 1.25 bits per heavy atom. The van der Waals surface area contributed by atoms with Crippen molar-refractivity contribution in [2.45, 2.75) is 6.61 Å². The van der Waals surface area contributed by atoms with Crippen LogP contribution in [0.3, 0.4) is 0 Å². The van der Waals surface area contributed by atoms with Crippen molar-refractivity contribution >= 4 is 17.3 Å². The molecule has 1 aromatic heterocycles. The molecular weight excluding hydrogens is 224 g/mol. The van der Waals surface area contributed by atoms with Crippen molar-refractivity contribution in [1.29, 1.82) is 0 Å². The highest BCUT2D eigenvalue weighted by Crippen LogP contribution is 2.23. The predicted molar refractivity (Wildman–Crippen MR) is 64.4 cm³/mol. The molecule has 2 N–H and O–H groups in total. The van der Waals surface area contributed by atoms with Crippen LogP contribution in [0, 0.1) is 0 Å². The van der Waals surface area contributed by atoms with Crippen LogP contribution in [0.2, 0.25) is 5.15 Å². The minimum absolute atomic E-state index is 0.372. The SMILES string of the molecule is Nc1cnc(Cl)cc1OCc1ccccc1. The number of aromatic nitrogens is 1. The van der Waals surface area contributed by atoms with E-state index in [2.05, 4.69) is 4.98 Å². The molecule has 2 rings (SSSR count). The molecule has 1 heterocycles. The van der Waals surface area contributed by atoms with Gasteiger partial charge in [-0.25, -0.2) is 4.98 Å². The van der Waals surface area contributed by atoms with Crippen LogP contribution in [0.1, 0.15) is 5.56 Å². The zero-order valence-electron chi connectivity index (χ0n) is 8.56. The lowest BCUT2D eigenvalue weighted by Crippen LogP contribution is -1.99. The molecular formula is C12H11ClN2O. The molecule has 0 aliphatic heterocycles. The topological polar surface area (TPSA) is 48.1 Å². The molecule has 0 saturated carbocycles. The smallest absolute Gasteiger partial charge is 0.147 e. The fraction of sp³-hybridized carbons (Fsp3) is 0.0833. The summed E-state index contributed by atoms with van der Waals surface area (Å²) in [6.07, 6.45) is 1.49. The molecule has 0 radical (unpaired) electrons. The minimum Gasteiger partial charge on any atom is -0.487 e. The molecule has 0 aliphatic carbocycles. The number of rotatable bonds is 3. The number of ether oxygens (including phenoxy) is 1. The summed E-state index contributed by atoms with van der Waals surface area (Å²) in [6, 6.07) is 11.5. The van der Waals surface area contributed by atoms with E-state index in [0.717, 1.165) is 5.56 Å². The van der Waals surface area contributed by atoms with E-state index in [-0.39, 0.29) is 0 Å². The molecule has 16 heavy (non-hydrogen) atoms. The molecule has 0 bridgehead atoms. The molecule has 0 amide bonds. The Labute approximate surface area is 98.8 Å².